The van der Waals surface area contributed by atoms with Crippen molar-refractivity contribution < 1.29 is 9.90 Å². The molecule has 3 aliphatic rings. The summed E-state index contributed by atoms with van der Waals surface area (Å²) < 4.78 is 0.877. The van der Waals surface area contributed by atoms with Crippen LogP contribution in [0.3, 0.4) is 0 Å². The highest BCUT2D eigenvalue weighted by Gasteiger charge is 2.27. The highest BCUT2D eigenvalue weighted by molar-refractivity contribution is 7.21. The van der Waals surface area contributed by atoms with E-state index < -0.39 is 0 Å². The molecule has 0 spiro atoms. The number of aromatic nitrogens is 4. The van der Waals surface area contributed by atoms with Crippen LogP contribution in [0.2, 0.25) is 0 Å². The molecule has 9 nitrogen and oxygen atoms in total. The maximum absolute atomic E-state index is 13.0. The fourth-order valence-corrected chi connectivity index (χ4v) is 5.78. The average molecular weight is 468 g/mol. The van der Waals surface area contributed by atoms with E-state index in [4.69, 9.17) is 9.97 Å². The molecule has 0 radical (unpaired) electrons. The van der Waals surface area contributed by atoms with Crippen molar-refractivity contribution >= 4 is 45.0 Å². The van der Waals surface area contributed by atoms with Gasteiger partial charge in [-0.05, 0) is 50.5 Å². The van der Waals surface area contributed by atoms with Crippen molar-refractivity contribution in [2.24, 2.45) is 5.92 Å². The van der Waals surface area contributed by atoms with Crippen molar-refractivity contribution in [2.75, 3.05) is 43.0 Å². The number of aliphatic hydroxyl groups excluding tert-OH is 1. The van der Waals surface area contributed by atoms with E-state index in [-0.39, 0.29) is 12.5 Å². The summed E-state index contributed by atoms with van der Waals surface area (Å²) in [6, 6.07) is 3.97. The molecule has 0 bridgehead atoms. The van der Waals surface area contributed by atoms with Gasteiger partial charge in [-0.15, -0.1) is 11.3 Å². The van der Waals surface area contributed by atoms with Crippen molar-refractivity contribution in [1.29, 1.82) is 0 Å². The van der Waals surface area contributed by atoms with E-state index in [9.17, 15) is 9.90 Å². The van der Waals surface area contributed by atoms with Crippen molar-refractivity contribution in [2.45, 2.75) is 44.4 Å². The summed E-state index contributed by atoms with van der Waals surface area (Å²) in [5, 5.41) is 20.5. The Morgan fingerprint density at radius 3 is 2.64 bits per heavy atom. The van der Waals surface area contributed by atoms with Gasteiger partial charge in [-0.3, -0.25) is 9.89 Å². The van der Waals surface area contributed by atoms with Gasteiger partial charge in [0, 0.05) is 50.5 Å². The molecule has 3 aromatic rings. The molecule has 3 aromatic heterocycles. The number of piperidine rings is 1. The first-order valence-electron chi connectivity index (χ1n) is 12.0. The number of likely N-dealkylation sites (tertiary alicyclic amines) is 1. The van der Waals surface area contributed by atoms with Crippen molar-refractivity contribution in [3.8, 4) is 0 Å². The van der Waals surface area contributed by atoms with Gasteiger partial charge in [0.05, 0.1) is 15.1 Å². The number of anilines is 3. The highest BCUT2D eigenvalue weighted by Crippen LogP contribution is 2.40. The fourth-order valence-electron chi connectivity index (χ4n) is 4.77. The lowest BCUT2D eigenvalue weighted by molar-refractivity contribution is 0.0797. The van der Waals surface area contributed by atoms with E-state index in [2.05, 4.69) is 26.5 Å². The SMILES string of the molecule is O=C(c1cc2nc(N3CCC(CO)CC3)nc(Nc3cc(C4CC4)[nH]n3)c2s1)N1CCCC1. The number of aromatic amines is 1. The average Bonchev–Trinajstić information content (AvgIpc) is 3.23. The maximum Gasteiger partial charge on any atom is 0.264 e. The first kappa shape index (κ1) is 20.9. The lowest BCUT2D eigenvalue weighted by Gasteiger charge is -2.31. The number of nitrogens with zero attached hydrogens (tertiary/aromatic N) is 5. The topological polar surface area (TPSA) is 110 Å². The van der Waals surface area contributed by atoms with Gasteiger partial charge in [0.2, 0.25) is 5.95 Å². The second-order valence-electron chi connectivity index (χ2n) is 9.42. The van der Waals surface area contributed by atoms with E-state index in [1.54, 1.807) is 0 Å². The zero-order valence-corrected chi connectivity index (χ0v) is 19.4. The molecule has 5 heterocycles. The van der Waals surface area contributed by atoms with Crippen LogP contribution in [0.15, 0.2) is 12.1 Å². The van der Waals surface area contributed by atoms with Crippen LogP contribution in [-0.2, 0) is 0 Å². The van der Waals surface area contributed by atoms with Crippen LogP contribution in [0.25, 0.3) is 10.2 Å². The summed E-state index contributed by atoms with van der Waals surface area (Å²) in [6.45, 7) is 3.51. The molecule has 1 aliphatic carbocycles. The number of rotatable bonds is 6. The van der Waals surface area contributed by atoms with Crippen LogP contribution in [0, 0.1) is 5.92 Å². The maximum atomic E-state index is 13.0. The minimum atomic E-state index is 0.0857. The number of fused-ring (bicyclic) bond motifs is 1. The summed E-state index contributed by atoms with van der Waals surface area (Å²) in [4.78, 5) is 27.6. The predicted molar refractivity (Wildman–Crippen MR) is 128 cm³/mol. The molecule has 174 valence electrons. The summed E-state index contributed by atoms with van der Waals surface area (Å²) >= 11 is 1.45. The van der Waals surface area contributed by atoms with Gasteiger partial charge in [0.1, 0.15) is 0 Å². The van der Waals surface area contributed by atoms with E-state index in [0.717, 1.165) is 73.6 Å². The van der Waals surface area contributed by atoms with Crippen LogP contribution in [-0.4, -0.2) is 68.9 Å². The summed E-state index contributed by atoms with van der Waals surface area (Å²) in [7, 11) is 0. The van der Waals surface area contributed by atoms with Crippen LogP contribution < -0.4 is 10.2 Å². The molecule has 1 saturated carbocycles. The third-order valence-corrected chi connectivity index (χ3v) is 8.10. The predicted octanol–water partition coefficient (Wildman–Crippen LogP) is 3.48. The monoisotopic (exact) mass is 467 g/mol. The van der Waals surface area contributed by atoms with E-state index in [0.29, 0.717) is 28.5 Å². The minimum Gasteiger partial charge on any atom is -0.396 e. The molecule has 10 heteroatoms. The van der Waals surface area contributed by atoms with E-state index >= 15 is 0 Å². The summed E-state index contributed by atoms with van der Waals surface area (Å²) in [6.07, 6.45) is 6.40. The highest BCUT2D eigenvalue weighted by atomic mass is 32.1. The number of carbonyl (C=O) groups is 1. The molecular formula is C23H29N7O2S. The normalized spacial score (nSPS) is 19.5. The first-order valence-corrected chi connectivity index (χ1v) is 12.8. The van der Waals surface area contributed by atoms with Gasteiger partial charge in [-0.1, -0.05) is 0 Å². The number of nitrogens with one attached hydrogen (secondary N) is 2. The Balaban J connectivity index is 1.34. The van der Waals surface area contributed by atoms with Gasteiger partial charge in [-0.2, -0.15) is 10.1 Å². The van der Waals surface area contributed by atoms with Crippen molar-refractivity contribution in [3.63, 3.8) is 0 Å². The fraction of sp³-hybridized carbons (Fsp3) is 0.565. The van der Waals surface area contributed by atoms with E-state index in [1.165, 1.54) is 24.2 Å². The second kappa shape index (κ2) is 8.57. The van der Waals surface area contributed by atoms with Crippen LogP contribution in [0.5, 0.6) is 0 Å². The molecule has 0 aromatic carbocycles. The van der Waals surface area contributed by atoms with Gasteiger partial charge in [0.15, 0.2) is 11.6 Å². The molecule has 2 aliphatic heterocycles. The minimum absolute atomic E-state index is 0.0857. The van der Waals surface area contributed by atoms with Crippen molar-refractivity contribution in [3.05, 3.63) is 22.7 Å². The number of amides is 1. The molecule has 3 fully saturated rings. The number of H-pyrrole nitrogens is 1. The Morgan fingerprint density at radius 2 is 1.91 bits per heavy atom. The Kier molecular flexibility index (Phi) is 5.41. The first-order chi connectivity index (χ1) is 16.2. The van der Waals surface area contributed by atoms with Gasteiger partial charge in [-0.25, -0.2) is 4.98 Å². The lowest BCUT2D eigenvalue weighted by Crippen LogP contribution is -2.35. The van der Waals surface area contributed by atoms with Crippen LogP contribution in [0.4, 0.5) is 17.6 Å². The third-order valence-electron chi connectivity index (χ3n) is 6.98. The third kappa shape index (κ3) is 4.17. The Hall–Kier alpha value is -2.72. The van der Waals surface area contributed by atoms with Gasteiger partial charge < -0.3 is 20.2 Å². The Morgan fingerprint density at radius 1 is 1.12 bits per heavy atom. The molecule has 0 unspecified atom stereocenters. The molecule has 3 N–H and O–H groups in total. The largest absolute Gasteiger partial charge is 0.396 e. The number of thiophene rings is 1. The van der Waals surface area contributed by atoms with Gasteiger partial charge >= 0.3 is 0 Å². The number of hydrogen-bond acceptors (Lipinski definition) is 8. The molecular weight excluding hydrogens is 438 g/mol. The number of aliphatic hydroxyl groups is 1. The van der Waals surface area contributed by atoms with E-state index in [1.807, 2.05) is 11.0 Å². The van der Waals surface area contributed by atoms with Gasteiger partial charge in [0.25, 0.3) is 5.91 Å². The number of hydrogen-bond donors (Lipinski definition) is 3. The number of carbonyl (C=O) groups excluding carboxylic acids is 1. The standard InChI is InChI=1S/C23H29N7O2S/c31-13-14-5-9-30(10-6-14)23-24-17-11-18(22(32)29-7-1-2-8-29)33-20(17)21(26-23)25-19-12-16(27-28-19)15-3-4-15/h11-12,14-15,31H,1-10,13H2,(H2,24,25,26,27,28). The molecule has 1 amide bonds. The Bertz CT molecular complexity index is 1160. The smallest absolute Gasteiger partial charge is 0.264 e. The Labute approximate surface area is 196 Å². The molecule has 6 rings (SSSR count). The van der Waals surface area contributed by atoms with Crippen LogP contribution in [0.1, 0.15) is 59.8 Å². The zero-order valence-electron chi connectivity index (χ0n) is 18.6. The second-order valence-corrected chi connectivity index (χ2v) is 10.5. The lowest BCUT2D eigenvalue weighted by atomic mass is 9.98. The zero-order chi connectivity index (χ0) is 22.4. The molecule has 0 atom stereocenters. The summed E-state index contributed by atoms with van der Waals surface area (Å²) in [5.74, 6) is 3.12. The molecule has 33 heavy (non-hydrogen) atoms. The molecule has 2 saturated heterocycles. The quantitative estimate of drug-likeness (QED) is 0.509. The van der Waals surface area contributed by atoms with Crippen molar-refractivity contribution in [1.82, 2.24) is 25.1 Å². The summed E-state index contributed by atoms with van der Waals surface area (Å²) in [5.41, 5.74) is 1.95. The van der Waals surface area contributed by atoms with Crippen LogP contribution >= 0.6 is 11.3 Å².